The number of aliphatic hydroxyl groups excluding tert-OH is 1. The van der Waals surface area contributed by atoms with E-state index < -0.39 is 11.8 Å². The third-order valence-corrected chi connectivity index (χ3v) is 4.99. The second kappa shape index (κ2) is 10.1. The normalized spacial score (nSPS) is 14.9. The molecule has 1 heterocycles. The van der Waals surface area contributed by atoms with Crippen LogP contribution in [0.4, 0.5) is 5.69 Å². The highest BCUT2D eigenvalue weighted by Gasteiger charge is 2.34. The van der Waals surface area contributed by atoms with E-state index in [0.29, 0.717) is 28.5 Å². The number of thiocarbonyl (C=S) groups is 1. The van der Waals surface area contributed by atoms with Gasteiger partial charge in [0.2, 0.25) is 0 Å². The van der Waals surface area contributed by atoms with Crippen molar-refractivity contribution in [3.8, 4) is 17.2 Å². The van der Waals surface area contributed by atoms with Crippen molar-refractivity contribution in [2.45, 2.75) is 0 Å². The lowest BCUT2D eigenvalue weighted by atomic mass is 10.1. The molecule has 7 nitrogen and oxygen atoms in total. The molecule has 0 aromatic heterocycles. The van der Waals surface area contributed by atoms with Crippen molar-refractivity contribution in [1.82, 2.24) is 5.32 Å². The summed E-state index contributed by atoms with van der Waals surface area (Å²) >= 11 is 5.26. The van der Waals surface area contributed by atoms with Crippen molar-refractivity contribution in [3.05, 3.63) is 90.0 Å². The number of amides is 2. The van der Waals surface area contributed by atoms with Crippen molar-refractivity contribution in [2.24, 2.45) is 0 Å². The highest BCUT2D eigenvalue weighted by molar-refractivity contribution is 7.80. The van der Waals surface area contributed by atoms with E-state index in [2.05, 4.69) is 5.32 Å². The molecule has 0 unspecified atom stereocenters. The van der Waals surface area contributed by atoms with Crippen molar-refractivity contribution in [2.75, 3.05) is 18.1 Å². The molecule has 0 radical (unpaired) electrons. The van der Waals surface area contributed by atoms with Crippen LogP contribution in [0.5, 0.6) is 17.2 Å². The number of rotatable bonds is 7. The van der Waals surface area contributed by atoms with Crippen molar-refractivity contribution in [3.63, 3.8) is 0 Å². The lowest BCUT2D eigenvalue weighted by Gasteiger charge is -2.29. The van der Waals surface area contributed by atoms with Crippen LogP contribution in [-0.4, -0.2) is 35.2 Å². The first-order chi connectivity index (χ1) is 16.0. The van der Waals surface area contributed by atoms with Crippen LogP contribution < -0.4 is 19.7 Å². The predicted molar refractivity (Wildman–Crippen MR) is 128 cm³/mol. The van der Waals surface area contributed by atoms with Gasteiger partial charge in [0.15, 0.2) is 5.11 Å². The van der Waals surface area contributed by atoms with Gasteiger partial charge < -0.3 is 14.6 Å². The Bertz CT molecular complexity index is 1210. The van der Waals surface area contributed by atoms with E-state index in [4.69, 9.17) is 26.8 Å². The summed E-state index contributed by atoms with van der Waals surface area (Å²) in [6.07, 6.45) is 1.48. The molecule has 166 valence electrons. The van der Waals surface area contributed by atoms with Gasteiger partial charge in [-0.1, -0.05) is 30.3 Å². The standard InChI is InChI=1S/C25H20N2O5S/c28-13-14-31-21-8-4-5-17(15-21)16-22-23(29)26-25(33)27(24(22)30)18-9-11-20(12-10-18)32-19-6-2-1-3-7-19/h1-12,15-16,28H,13-14H2,(H,26,29,33). The molecule has 0 saturated carbocycles. The summed E-state index contributed by atoms with van der Waals surface area (Å²) in [5, 5.41) is 11.5. The zero-order valence-corrected chi connectivity index (χ0v) is 18.2. The Kier molecular flexibility index (Phi) is 6.77. The van der Waals surface area contributed by atoms with E-state index in [9.17, 15) is 9.59 Å². The van der Waals surface area contributed by atoms with Crippen molar-refractivity contribution < 1.29 is 24.2 Å². The Balaban J connectivity index is 1.57. The second-order valence-electron chi connectivity index (χ2n) is 7.01. The van der Waals surface area contributed by atoms with Crippen LogP contribution in [-0.2, 0) is 9.59 Å². The Hall–Kier alpha value is -4.01. The van der Waals surface area contributed by atoms with Crippen LogP contribution in [0.1, 0.15) is 5.56 Å². The summed E-state index contributed by atoms with van der Waals surface area (Å²) in [5.74, 6) is 0.690. The number of ether oxygens (including phenoxy) is 2. The van der Waals surface area contributed by atoms with Gasteiger partial charge in [-0.05, 0) is 72.4 Å². The average molecular weight is 461 g/mol. The lowest BCUT2D eigenvalue weighted by Crippen LogP contribution is -2.54. The molecule has 1 aliphatic rings. The third kappa shape index (κ3) is 5.25. The first-order valence-electron chi connectivity index (χ1n) is 10.1. The molecule has 2 amide bonds. The lowest BCUT2D eigenvalue weighted by molar-refractivity contribution is -0.122. The number of hydrogen-bond acceptors (Lipinski definition) is 6. The maximum Gasteiger partial charge on any atom is 0.270 e. The molecule has 3 aromatic carbocycles. The third-order valence-electron chi connectivity index (χ3n) is 4.70. The molecule has 8 heteroatoms. The summed E-state index contributed by atoms with van der Waals surface area (Å²) in [5.41, 5.74) is 1.03. The molecule has 3 aromatic rings. The van der Waals surface area contributed by atoms with Gasteiger partial charge in [0, 0.05) is 0 Å². The van der Waals surface area contributed by atoms with Gasteiger partial charge in [-0.25, -0.2) is 0 Å². The Morgan fingerprint density at radius 3 is 2.33 bits per heavy atom. The number of carbonyl (C=O) groups is 2. The number of para-hydroxylation sites is 1. The van der Waals surface area contributed by atoms with Gasteiger partial charge >= 0.3 is 0 Å². The molecule has 1 aliphatic heterocycles. The fourth-order valence-electron chi connectivity index (χ4n) is 3.20. The van der Waals surface area contributed by atoms with Crippen LogP contribution in [0.3, 0.4) is 0 Å². The molecule has 2 N–H and O–H groups in total. The summed E-state index contributed by atoms with van der Waals surface area (Å²) in [7, 11) is 0. The molecule has 33 heavy (non-hydrogen) atoms. The molecule has 0 bridgehead atoms. The van der Waals surface area contributed by atoms with Gasteiger partial charge in [0.05, 0.1) is 12.3 Å². The van der Waals surface area contributed by atoms with Gasteiger partial charge in [-0.3, -0.25) is 19.8 Å². The van der Waals surface area contributed by atoms with E-state index in [-0.39, 0.29) is 23.9 Å². The number of anilines is 1. The van der Waals surface area contributed by atoms with Crippen LogP contribution in [0.25, 0.3) is 6.08 Å². The van der Waals surface area contributed by atoms with E-state index >= 15 is 0 Å². The summed E-state index contributed by atoms with van der Waals surface area (Å²) in [6.45, 7) is 0.0270. The van der Waals surface area contributed by atoms with Gasteiger partial charge in [0.25, 0.3) is 11.8 Å². The molecule has 1 saturated heterocycles. The highest BCUT2D eigenvalue weighted by atomic mass is 32.1. The molecule has 0 atom stereocenters. The van der Waals surface area contributed by atoms with Crippen LogP contribution in [0.2, 0.25) is 0 Å². The number of aliphatic hydroxyl groups is 1. The van der Waals surface area contributed by atoms with Crippen LogP contribution in [0.15, 0.2) is 84.4 Å². The minimum atomic E-state index is -0.577. The quantitative estimate of drug-likeness (QED) is 0.318. The first-order valence-corrected chi connectivity index (χ1v) is 10.5. The summed E-state index contributed by atoms with van der Waals surface area (Å²) in [6, 6.07) is 23.0. The Morgan fingerprint density at radius 1 is 0.909 bits per heavy atom. The van der Waals surface area contributed by atoms with Crippen LogP contribution >= 0.6 is 12.2 Å². The number of carbonyl (C=O) groups excluding carboxylic acids is 2. The van der Waals surface area contributed by atoms with Gasteiger partial charge in [-0.15, -0.1) is 0 Å². The minimum absolute atomic E-state index is 0.00101. The molecule has 0 aliphatic carbocycles. The monoisotopic (exact) mass is 460 g/mol. The van der Waals surface area contributed by atoms with Crippen molar-refractivity contribution in [1.29, 1.82) is 0 Å². The summed E-state index contributed by atoms with van der Waals surface area (Å²) in [4.78, 5) is 27.0. The molecular formula is C25H20N2O5S. The zero-order chi connectivity index (χ0) is 23.2. The molecule has 4 rings (SSSR count). The number of hydrogen-bond donors (Lipinski definition) is 2. The van der Waals surface area contributed by atoms with E-state index in [0.717, 1.165) is 0 Å². The van der Waals surface area contributed by atoms with E-state index in [1.165, 1.54) is 11.0 Å². The second-order valence-corrected chi connectivity index (χ2v) is 7.40. The summed E-state index contributed by atoms with van der Waals surface area (Å²) < 4.78 is 11.2. The SMILES string of the molecule is O=C1NC(=S)N(c2ccc(Oc3ccccc3)cc2)C(=O)C1=Cc1cccc(OCCO)c1. The van der Waals surface area contributed by atoms with Gasteiger partial charge in [-0.2, -0.15) is 0 Å². The fraction of sp³-hybridized carbons (Fsp3) is 0.0800. The first kappa shape index (κ1) is 22.2. The maximum absolute atomic E-state index is 13.2. The highest BCUT2D eigenvalue weighted by Crippen LogP contribution is 2.27. The molecule has 1 fully saturated rings. The van der Waals surface area contributed by atoms with Crippen molar-refractivity contribution >= 4 is 40.9 Å². The smallest absolute Gasteiger partial charge is 0.270 e. The predicted octanol–water partition coefficient (Wildman–Crippen LogP) is 3.68. The maximum atomic E-state index is 13.2. The van der Waals surface area contributed by atoms with Gasteiger partial charge in [0.1, 0.15) is 29.4 Å². The molecule has 0 spiro atoms. The Labute approximate surface area is 195 Å². The molecular weight excluding hydrogens is 440 g/mol. The zero-order valence-electron chi connectivity index (χ0n) is 17.4. The Morgan fingerprint density at radius 2 is 1.61 bits per heavy atom. The number of nitrogens with one attached hydrogen (secondary N) is 1. The topological polar surface area (TPSA) is 88.1 Å². The van der Waals surface area contributed by atoms with Crippen LogP contribution in [0, 0.1) is 0 Å². The number of nitrogens with zero attached hydrogens (tertiary/aromatic N) is 1. The van der Waals surface area contributed by atoms with E-state index in [1.54, 1.807) is 48.5 Å². The van der Waals surface area contributed by atoms with E-state index in [1.807, 2.05) is 30.3 Å². The minimum Gasteiger partial charge on any atom is -0.491 e. The average Bonchev–Trinajstić information content (AvgIpc) is 2.82. The fourth-order valence-corrected chi connectivity index (χ4v) is 3.49. The largest absolute Gasteiger partial charge is 0.491 e. The number of benzene rings is 3.